The van der Waals surface area contributed by atoms with E-state index < -0.39 is 0 Å². The number of nitriles is 1. The Balaban J connectivity index is 2.24. The van der Waals surface area contributed by atoms with Crippen LogP contribution in [-0.4, -0.2) is 12.0 Å². The normalized spacial score (nSPS) is 9.78. The molecule has 2 aromatic rings. The quantitative estimate of drug-likeness (QED) is 0.832. The molecule has 4 heteroatoms. The summed E-state index contributed by atoms with van der Waals surface area (Å²) >= 11 is 0. The summed E-state index contributed by atoms with van der Waals surface area (Å²) in [6.07, 6.45) is 3.52. The molecule has 0 atom stereocenters. The zero-order chi connectivity index (χ0) is 13.0. The van der Waals surface area contributed by atoms with Gasteiger partial charge < -0.3 is 10.6 Å². The highest BCUT2D eigenvalue weighted by Crippen LogP contribution is 2.22. The van der Waals surface area contributed by atoms with Gasteiger partial charge in [-0.3, -0.25) is 4.98 Å². The number of hydrogen-bond acceptors (Lipinski definition) is 4. The molecule has 0 saturated carbocycles. The lowest BCUT2D eigenvalue weighted by Gasteiger charge is -2.20. The number of nitrogens with two attached hydrogens (primary N) is 1. The van der Waals surface area contributed by atoms with E-state index >= 15 is 0 Å². The molecule has 2 rings (SSSR count). The molecule has 4 nitrogen and oxygen atoms in total. The highest BCUT2D eigenvalue weighted by Gasteiger charge is 2.08. The van der Waals surface area contributed by atoms with Gasteiger partial charge in [0.15, 0.2) is 0 Å². The fourth-order valence-corrected chi connectivity index (χ4v) is 1.82. The van der Waals surface area contributed by atoms with Crippen LogP contribution < -0.4 is 10.6 Å². The number of hydrogen-bond donors (Lipinski definition) is 1. The smallest absolute Gasteiger partial charge is 0.101 e. The van der Waals surface area contributed by atoms with Crippen molar-refractivity contribution < 1.29 is 0 Å². The molecule has 0 saturated heterocycles. The minimum absolute atomic E-state index is 0.589. The van der Waals surface area contributed by atoms with Crippen LogP contribution >= 0.6 is 0 Å². The van der Waals surface area contributed by atoms with Gasteiger partial charge in [-0.05, 0) is 35.9 Å². The Morgan fingerprint density at radius 2 is 2.00 bits per heavy atom. The van der Waals surface area contributed by atoms with Crippen molar-refractivity contribution in [2.75, 3.05) is 17.7 Å². The lowest BCUT2D eigenvalue weighted by Crippen LogP contribution is -2.17. The van der Waals surface area contributed by atoms with E-state index in [1.165, 1.54) is 0 Å². The fourth-order valence-electron chi connectivity index (χ4n) is 1.82. The average molecular weight is 238 g/mol. The molecule has 0 spiro atoms. The summed E-state index contributed by atoms with van der Waals surface area (Å²) in [6, 6.07) is 11.5. The van der Waals surface area contributed by atoms with E-state index in [9.17, 15) is 0 Å². The minimum atomic E-state index is 0.589. The molecule has 0 amide bonds. The zero-order valence-corrected chi connectivity index (χ0v) is 10.2. The van der Waals surface area contributed by atoms with Gasteiger partial charge >= 0.3 is 0 Å². The van der Waals surface area contributed by atoms with Crippen molar-refractivity contribution in [3.05, 3.63) is 53.9 Å². The number of benzene rings is 1. The Hall–Kier alpha value is -2.54. The first-order chi connectivity index (χ1) is 8.70. The van der Waals surface area contributed by atoms with Crippen molar-refractivity contribution in [1.82, 2.24) is 4.98 Å². The summed E-state index contributed by atoms with van der Waals surface area (Å²) in [4.78, 5) is 6.00. The maximum Gasteiger partial charge on any atom is 0.101 e. The SMILES string of the molecule is CN(Cc1ccncc1)c1ccc(N)cc1C#N. The summed E-state index contributed by atoms with van der Waals surface area (Å²) in [7, 11) is 1.95. The number of nitrogen functional groups attached to an aromatic ring is 1. The summed E-state index contributed by atoms with van der Waals surface area (Å²) in [5.41, 5.74) is 8.90. The fraction of sp³-hybridized carbons (Fsp3) is 0.143. The van der Waals surface area contributed by atoms with Crippen LogP contribution in [-0.2, 0) is 6.54 Å². The largest absolute Gasteiger partial charge is 0.399 e. The van der Waals surface area contributed by atoms with Crippen molar-refractivity contribution >= 4 is 11.4 Å². The van der Waals surface area contributed by atoms with Crippen LogP contribution in [0, 0.1) is 11.3 Å². The highest BCUT2D eigenvalue weighted by molar-refractivity contribution is 5.64. The van der Waals surface area contributed by atoms with Gasteiger partial charge in [-0.15, -0.1) is 0 Å². The van der Waals surface area contributed by atoms with E-state index in [4.69, 9.17) is 11.0 Å². The third-order valence-electron chi connectivity index (χ3n) is 2.72. The molecule has 0 bridgehead atoms. The Morgan fingerprint density at radius 1 is 1.28 bits per heavy atom. The van der Waals surface area contributed by atoms with Crippen LogP contribution in [0.4, 0.5) is 11.4 Å². The summed E-state index contributed by atoms with van der Waals surface area (Å²) < 4.78 is 0. The summed E-state index contributed by atoms with van der Waals surface area (Å²) in [5.74, 6) is 0. The number of aromatic nitrogens is 1. The van der Waals surface area contributed by atoms with Gasteiger partial charge in [0.1, 0.15) is 6.07 Å². The number of rotatable bonds is 3. The van der Waals surface area contributed by atoms with Gasteiger partial charge in [-0.1, -0.05) is 0 Å². The van der Waals surface area contributed by atoms with Crippen LogP contribution in [0.2, 0.25) is 0 Å². The Labute approximate surface area is 106 Å². The lowest BCUT2D eigenvalue weighted by molar-refractivity contribution is 0.917. The molecule has 90 valence electrons. The molecule has 0 aliphatic rings. The minimum Gasteiger partial charge on any atom is -0.399 e. The number of pyridine rings is 1. The maximum absolute atomic E-state index is 9.12. The van der Waals surface area contributed by atoms with Gasteiger partial charge in [-0.2, -0.15) is 5.26 Å². The highest BCUT2D eigenvalue weighted by atomic mass is 15.1. The summed E-state index contributed by atoms with van der Waals surface area (Å²) in [6.45, 7) is 0.723. The van der Waals surface area contributed by atoms with Crippen molar-refractivity contribution in [2.45, 2.75) is 6.54 Å². The van der Waals surface area contributed by atoms with E-state index in [0.29, 0.717) is 11.3 Å². The molecule has 2 N–H and O–H groups in total. The second-order valence-electron chi connectivity index (χ2n) is 4.10. The molecular formula is C14H14N4. The van der Waals surface area contributed by atoms with Gasteiger partial charge in [0.25, 0.3) is 0 Å². The Morgan fingerprint density at radius 3 is 2.67 bits per heavy atom. The molecule has 0 aliphatic heterocycles. The van der Waals surface area contributed by atoms with Gasteiger partial charge in [0.2, 0.25) is 0 Å². The second-order valence-corrected chi connectivity index (χ2v) is 4.10. The standard InChI is InChI=1S/C14H14N4/c1-18(10-11-4-6-17-7-5-11)14-3-2-13(16)8-12(14)9-15/h2-8H,10,16H2,1H3. The molecular weight excluding hydrogens is 224 g/mol. The molecule has 1 aromatic carbocycles. The van der Waals surface area contributed by atoms with Crippen molar-refractivity contribution in [2.24, 2.45) is 0 Å². The van der Waals surface area contributed by atoms with Crippen LogP contribution in [0.5, 0.6) is 0 Å². The van der Waals surface area contributed by atoms with Crippen LogP contribution in [0.3, 0.4) is 0 Å². The molecule has 1 heterocycles. The molecule has 0 fully saturated rings. The number of anilines is 2. The van der Waals surface area contributed by atoms with E-state index in [1.807, 2.05) is 30.1 Å². The first-order valence-electron chi connectivity index (χ1n) is 5.60. The average Bonchev–Trinajstić information content (AvgIpc) is 2.39. The van der Waals surface area contributed by atoms with Gasteiger partial charge in [0, 0.05) is 31.7 Å². The first kappa shape index (κ1) is 11.9. The Bertz CT molecular complexity index is 572. The predicted octanol–water partition coefficient (Wildman–Crippen LogP) is 2.17. The van der Waals surface area contributed by atoms with Crippen molar-refractivity contribution in [3.8, 4) is 6.07 Å². The molecule has 0 aliphatic carbocycles. The Kier molecular flexibility index (Phi) is 3.44. The number of nitrogens with zero attached hydrogens (tertiary/aromatic N) is 3. The molecule has 18 heavy (non-hydrogen) atoms. The van der Waals surface area contributed by atoms with E-state index in [1.54, 1.807) is 24.5 Å². The van der Waals surface area contributed by atoms with Gasteiger partial charge in [-0.25, -0.2) is 0 Å². The van der Waals surface area contributed by atoms with E-state index in [2.05, 4.69) is 11.1 Å². The first-order valence-corrected chi connectivity index (χ1v) is 5.60. The van der Waals surface area contributed by atoms with E-state index in [-0.39, 0.29) is 0 Å². The predicted molar refractivity (Wildman–Crippen MR) is 71.9 cm³/mol. The second kappa shape index (κ2) is 5.19. The summed E-state index contributed by atoms with van der Waals surface area (Å²) in [5, 5.41) is 9.12. The lowest BCUT2D eigenvalue weighted by atomic mass is 10.1. The molecule has 0 radical (unpaired) electrons. The van der Waals surface area contributed by atoms with Crippen LogP contribution in [0.15, 0.2) is 42.7 Å². The molecule has 0 unspecified atom stereocenters. The zero-order valence-electron chi connectivity index (χ0n) is 10.2. The maximum atomic E-state index is 9.12. The topological polar surface area (TPSA) is 65.9 Å². The van der Waals surface area contributed by atoms with Crippen molar-refractivity contribution in [3.63, 3.8) is 0 Å². The third kappa shape index (κ3) is 2.58. The van der Waals surface area contributed by atoms with Gasteiger partial charge in [0.05, 0.1) is 11.3 Å². The third-order valence-corrected chi connectivity index (χ3v) is 2.72. The molecule has 1 aromatic heterocycles. The van der Waals surface area contributed by atoms with E-state index in [0.717, 1.165) is 17.8 Å². The monoisotopic (exact) mass is 238 g/mol. The van der Waals surface area contributed by atoms with Crippen LogP contribution in [0.25, 0.3) is 0 Å². The van der Waals surface area contributed by atoms with Crippen molar-refractivity contribution in [1.29, 1.82) is 5.26 Å². The van der Waals surface area contributed by atoms with Crippen LogP contribution in [0.1, 0.15) is 11.1 Å².